The summed E-state index contributed by atoms with van der Waals surface area (Å²) in [7, 11) is 0. The first-order valence-corrected chi connectivity index (χ1v) is 12.8. The molecule has 3 unspecified atom stereocenters. The molecule has 1 saturated heterocycles. The average molecular weight is 542 g/mol. The van der Waals surface area contributed by atoms with E-state index in [1.807, 2.05) is 62.4 Å². The molecular formula is C29H24BrN3O3. The minimum atomic E-state index is -1.69. The fourth-order valence-electron chi connectivity index (χ4n) is 5.98. The number of imidazole rings is 1. The second-order valence-corrected chi connectivity index (χ2v) is 10.9. The van der Waals surface area contributed by atoms with Crippen LogP contribution in [0.5, 0.6) is 0 Å². The zero-order valence-electron chi connectivity index (χ0n) is 19.8. The predicted molar refractivity (Wildman–Crippen MR) is 140 cm³/mol. The molecule has 1 spiro atoms. The number of hydrogen-bond donors (Lipinski definition) is 2. The molecule has 0 bridgehead atoms. The Labute approximate surface area is 216 Å². The van der Waals surface area contributed by atoms with Crippen LogP contribution in [0.2, 0.25) is 0 Å². The van der Waals surface area contributed by atoms with E-state index in [1.165, 1.54) is 0 Å². The van der Waals surface area contributed by atoms with Crippen LogP contribution in [0.1, 0.15) is 56.7 Å². The van der Waals surface area contributed by atoms with Crippen LogP contribution in [0.4, 0.5) is 0 Å². The molecule has 3 atom stereocenters. The lowest BCUT2D eigenvalue weighted by molar-refractivity contribution is 0.0652. The second kappa shape index (κ2) is 8.32. The number of para-hydroxylation sites is 2. The highest BCUT2D eigenvalue weighted by molar-refractivity contribution is 9.10. The number of fused-ring (bicyclic) bond motifs is 2. The maximum atomic E-state index is 14.4. The molecule has 4 aromatic rings. The van der Waals surface area contributed by atoms with E-state index in [2.05, 4.69) is 31.2 Å². The van der Waals surface area contributed by atoms with Crippen LogP contribution in [0.15, 0.2) is 77.3 Å². The Morgan fingerprint density at radius 1 is 0.917 bits per heavy atom. The van der Waals surface area contributed by atoms with Crippen molar-refractivity contribution in [2.45, 2.75) is 31.3 Å². The molecule has 1 aliphatic heterocycles. The molecule has 1 aliphatic carbocycles. The highest BCUT2D eigenvalue weighted by Crippen LogP contribution is 2.51. The van der Waals surface area contributed by atoms with Crippen molar-refractivity contribution in [3.63, 3.8) is 0 Å². The summed E-state index contributed by atoms with van der Waals surface area (Å²) in [6, 6.07) is 21.7. The first-order chi connectivity index (χ1) is 17.3. The first kappa shape index (κ1) is 23.0. The van der Waals surface area contributed by atoms with E-state index in [9.17, 15) is 14.4 Å². The molecule has 36 heavy (non-hydrogen) atoms. The molecule has 0 amide bonds. The van der Waals surface area contributed by atoms with Crippen LogP contribution >= 0.6 is 15.9 Å². The van der Waals surface area contributed by atoms with Crippen molar-refractivity contribution in [2.24, 2.45) is 11.8 Å². The third kappa shape index (κ3) is 3.19. The van der Waals surface area contributed by atoms with Gasteiger partial charge in [-0.05, 0) is 35.7 Å². The Balaban J connectivity index is 1.59. The van der Waals surface area contributed by atoms with Gasteiger partial charge in [-0.3, -0.25) is 19.7 Å². The Morgan fingerprint density at radius 2 is 1.53 bits per heavy atom. The normalized spacial score (nSPS) is 22.6. The number of carbonyl (C=O) groups excluding carboxylic acids is 3. The van der Waals surface area contributed by atoms with Crippen LogP contribution in [0.25, 0.3) is 11.0 Å². The van der Waals surface area contributed by atoms with Gasteiger partial charge >= 0.3 is 0 Å². The smallest absolute Gasteiger partial charge is 0.204 e. The molecule has 1 aromatic heterocycles. The zero-order chi connectivity index (χ0) is 25.2. The number of halogens is 1. The SMILES string of the molecule is CC(C)C1NC2(C(=O)c3ccccc3C2=O)C(C(=O)c2nc3ccccc3[nH]2)C1c1ccc(Br)cc1. The second-order valence-electron chi connectivity index (χ2n) is 9.95. The highest BCUT2D eigenvalue weighted by Gasteiger charge is 2.68. The van der Waals surface area contributed by atoms with E-state index < -0.39 is 17.4 Å². The van der Waals surface area contributed by atoms with Gasteiger partial charge in [0.05, 0.1) is 17.0 Å². The predicted octanol–water partition coefficient (Wildman–Crippen LogP) is 5.35. The molecule has 6 rings (SSSR count). The van der Waals surface area contributed by atoms with Crippen LogP contribution in [0, 0.1) is 11.8 Å². The molecule has 180 valence electrons. The average Bonchev–Trinajstić information content (AvgIpc) is 3.54. The summed E-state index contributed by atoms with van der Waals surface area (Å²) < 4.78 is 0.911. The number of nitrogens with one attached hydrogen (secondary N) is 2. The van der Waals surface area contributed by atoms with Crippen molar-refractivity contribution in [3.8, 4) is 0 Å². The van der Waals surface area contributed by atoms with Gasteiger partial charge in [0, 0.05) is 27.6 Å². The van der Waals surface area contributed by atoms with Gasteiger partial charge in [-0.1, -0.05) is 78.3 Å². The van der Waals surface area contributed by atoms with Gasteiger partial charge in [-0.25, -0.2) is 4.98 Å². The van der Waals surface area contributed by atoms with Crippen molar-refractivity contribution in [1.82, 2.24) is 15.3 Å². The van der Waals surface area contributed by atoms with Crippen molar-refractivity contribution in [1.29, 1.82) is 0 Å². The quantitative estimate of drug-likeness (QED) is 0.268. The van der Waals surface area contributed by atoms with Gasteiger partial charge < -0.3 is 4.98 Å². The van der Waals surface area contributed by atoms with E-state index >= 15 is 0 Å². The van der Waals surface area contributed by atoms with Crippen LogP contribution < -0.4 is 5.32 Å². The Bertz CT molecular complexity index is 1470. The van der Waals surface area contributed by atoms with Crippen molar-refractivity contribution < 1.29 is 14.4 Å². The molecule has 7 heteroatoms. The van der Waals surface area contributed by atoms with E-state index in [1.54, 1.807) is 24.3 Å². The summed E-state index contributed by atoms with van der Waals surface area (Å²) in [5.41, 5.74) is 1.31. The molecule has 0 radical (unpaired) electrons. The number of carbonyl (C=O) groups is 3. The van der Waals surface area contributed by atoms with Crippen LogP contribution in [-0.2, 0) is 0 Å². The fraction of sp³-hybridized carbons (Fsp3) is 0.241. The number of H-pyrrole nitrogens is 1. The molecule has 0 saturated carbocycles. The minimum Gasteiger partial charge on any atom is -0.335 e. The van der Waals surface area contributed by atoms with Gasteiger partial charge in [-0.2, -0.15) is 0 Å². The summed E-state index contributed by atoms with van der Waals surface area (Å²) in [6.45, 7) is 4.09. The minimum absolute atomic E-state index is 0.0494. The Hall–Kier alpha value is -3.42. The Morgan fingerprint density at radius 3 is 2.14 bits per heavy atom. The van der Waals surface area contributed by atoms with Gasteiger partial charge in [0.15, 0.2) is 22.9 Å². The number of rotatable bonds is 4. The lowest BCUT2D eigenvalue weighted by atomic mass is 9.70. The van der Waals surface area contributed by atoms with Gasteiger partial charge in [0.2, 0.25) is 5.78 Å². The number of Topliss-reactive ketones (excluding diaryl/α,β-unsaturated/α-hetero) is 3. The van der Waals surface area contributed by atoms with E-state index in [0.717, 1.165) is 15.6 Å². The third-order valence-electron chi connectivity index (χ3n) is 7.62. The van der Waals surface area contributed by atoms with Gasteiger partial charge in [0.25, 0.3) is 0 Å². The summed E-state index contributed by atoms with van der Waals surface area (Å²) in [5.74, 6) is -2.21. The molecule has 1 fully saturated rings. The highest BCUT2D eigenvalue weighted by atomic mass is 79.9. The standard InChI is InChI=1S/C29H24BrN3O3/c1-15(2)24-22(16-11-13-17(30)14-12-16)23(25(34)28-31-20-9-5-6-10-21(20)32-28)29(33-24)26(35)18-7-3-4-8-19(18)27(29)36/h3-15,22-24,33H,1-2H3,(H,31,32). The number of hydrogen-bond acceptors (Lipinski definition) is 5. The maximum absolute atomic E-state index is 14.4. The van der Waals surface area contributed by atoms with Gasteiger partial charge in [0.1, 0.15) is 0 Å². The topological polar surface area (TPSA) is 91.9 Å². The number of aromatic amines is 1. The fourth-order valence-corrected chi connectivity index (χ4v) is 6.25. The Kier molecular flexibility index (Phi) is 5.32. The molecule has 6 nitrogen and oxygen atoms in total. The van der Waals surface area contributed by atoms with Crippen LogP contribution in [-0.4, -0.2) is 38.9 Å². The molecular weight excluding hydrogens is 518 g/mol. The van der Waals surface area contributed by atoms with Crippen molar-refractivity contribution in [2.75, 3.05) is 0 Å². The zero-order valence-corrected chi connectivity index (χ0v) is 21.4. The van der Waals surface area contributed by atoms with E-state index in [-0.39, 0.29) is 35.1 Å². The van der Waals surface area contributed by atoms with Crippen molar-refractivity contribution in [3.05, 3.63) is 99.8 Å². The molecule has 3 aromatic carbocycles. The van der Waals surface area contributed by atoms with E-state index in [0.29, 0.717) is 16.6 Å². The van der Waals surface area contributed by atoms with Gasteiger partial charge in [-0.15, -0.1) is 0 Å². The maximum Gasteiger partial charge on any atom is 0.204 e. The van der Waals surface area contributed by atoms with Crippen LogP contribution in [0.3, 0.4) is 0 Å². The largest absolute Gasteiger partial charge is 0.335 e. The summed E-state index contributed by atoms with van der Waals surface area (Å²) >= 11 is 3.49. The molecule has 2 N–H and O–H groups in total. The molecule has 2 heterocycles. The summed E-state index contributed by atoms with van der Waals surface area (Å²) in [6.07, 6.45) is 0. The monoisotopic (exact) mass is 541 g/mol. The van der Waals surface area contributed by atoms with Crippen molar-refractivity contribution >= 4 is 44.3 Å². The number of aromatic nitrogens is 2. The lowest BCUT2D eigenvalue weighted by Gasteiger charge is -2.29. The number of nitrogens with zero attached hydrogens (tertiary/aromatic N) is 1. The number of benzene rings is 3. The summed E-state index contributed by atoms with van der Waals surface area (Å²) in [5, 5.41) is 3.44. The summed E-state index contributed by atoms with van der Waals surface area (Å²) in [4.78, 5) is 50.2. The number of ketones is 3. The van der Waals surface area contributed by atoms with E-state index in [4.69, 9.17) is 0 Å². The third-order valence-corrected chi connectivity index (χ3v) is 8.15. The molecule has 2 aliphatic rings. The lowest BCUT2D eigenvalue weighted by Crippen LogP contribution is -2.58. The first-order valence-electron chi connectivity index (χ1n) is 12.0.